The van der Waals surface area contributed by atoms with E-state index < -0.39 is 27.6 Å². The molecule has 146 valence electrons. The quantitative estimate of drug-likeness (QED) is 0.738. The van der Waals surface area contributed by atoms with Gasteiger partial charge in [0.15, 0.2) is 11.6 Å². The third-order valence-corrected chi connectivity index (χ3v) is 5.22. The van der Waals surface area contributed by atoms with Gasteiger partial charge < -0.3 is 5.32 Å². The van der Waals surface area contributed by atoms with Gasteiger partial charge in [-0.2, -0.15) is 0 Å². The Hall–Kier alpha value is -2.19. The summed E-state index contributed by atoms with van der Waals surface area (Å²) in [7, 11) is -3.57. The minimum Gasteiger partial charge on any atom is -0.326 e. The van der Waals surface area contributed by atoms with Crippen LogP contribution in [0.2, 0.25) is 5.02 Å². The van der Waals surface area contributed by atoms with Crippen molar-refractivity contribution in [2.75, 3.05) is 22.4 Å². The van der Waals surface area contributed by atoms with Crippen molar-refractivity contribution in [3.8, 4) is 0 Å². The van der Waals surface area contributed by atoms with Gasteiger partial charge in [0.2, 0.25) is 15.9 Å². The summed E-state index contributed by atoms with van der Waals surface area (Å²) in [5.74, 6) is -2.50. The first-order valence-electron chi connectivity index (χ1n) is 8.06. The first kappa shape index (κ1) is 21.1. The Labute approximate surface area is 162 Å². The molecule has 0 aliphatic heterocycles. The zero-order valence-corrected chi connectivity index (χ0v) is 16.4. The molecule has 0 radical (unpaired) electrons. The Balaban J connectivity index is 2.02. The highest BCUT2D eigenvalue weighted by Gasteiger charge is 2.20. The number of hydrogen-bond donors (Lipinski definition) is 1. The Morgan fingerprint density at radius 2 is 1.85 bits per heavy atom. The van der Waals surface area contributed by atoms with Gasteiger partial charge in [-0.3, -0.25) is 9.10 Å². The highest BCUT2D eigenvalue weighted by Crippen LogP contribution is 2.26. The largest absolute Gasteiger partial charge is 0.326 e. The molecule has 9 heteroatoms. The fraction of sp³-hybridized carbons (Fsp3) is 0.278. The van der Waals surface area contributed by atoms with Crippen molar-refractivity contribution in [3.63, 3.8) is 0 Å². The number of halogens is 3. The SMILES string of the molecule is Cc1ccc(Cl)cc1N(CCCC(=O)Nc1ccc(F)c(F)c1)S(C)(=O)=O. The van der Waals surface area contributed by atoms with Crippen LogP contribution in [0.25, 0.3) is 0 Å². The van der Waals surface area contributed by atoms with Gasteiger partial charge in [0, 0.05) is 29.7 Å². The summed E-state index contributed by atoms with van der Waals surface area (Å²) in [4.78, 5) is 12.0. The van der Waals surface area contributed by atoms with Crippen LogP contribution in [0.3, 0.4) is 0 Å². The van der Waals surface area contributed by atoms with E-state index >= 15 is 0 Å². The second-order valence-electron chi connectivity index (χ2n) is 6.05. The summed E-state index contributed by atoms with van der Waals surface area (Å²) in [5, 5.41) is 2.85. The summed E-state index contributed by atoms with van der Waals surface area (Å²) < 4.78 is 51.5. The number of benzene rings is 2. The number of amides is 1. The molecule has 1 amide bonds. The highest BCUT2D eigenvalue weighted by molar-refractivity contribution is 7.92. The number of carbonyl (C=O) groups is 1. The molecule has 1 N–H and O–H groups in total. The number of carbonyl (C=O) groups excluding carboxylic acids is 1. The summed E-state index contributed by atoms with van der Waals surface area (Å²) in [6, 6.07) is 7.97. The number of sulfonamides is 1. The molecule has 0 bridgehead atoms. The Bertz CT molecular complexity index is 952. The lowest BCUT2D eigenvalue weighted by Crippen LogP contribution is -2.32. The molecular formula is C18H19ClF2N2O3S. The number of hydrogen-bond acceptors (Lipinski definition) is 3. The number of rotatable bonds is 7. The first-order valence-corrected chi connectivity index (χ1v) is 10.3. The minimum atomic E-state index is -3.57. The van der Waals surface area contributed by atoms with E-state index in [0.29, 0.717) is 10.7 Å². The second kappa shape index (κ2) is 8.67. The van der Waals surface area contributed by atoms with Crippen LogP contribution in [0.5, 0.6) is 0 Å². The van der Waals surface area contributed by atoms with Crippen molar-refractivity contribution in [1.29, 1.82) is 0 Å². The molecule has 0 aromatic heterocycles. The predicted octanol–water partition coefficient (Wildman–Crippen LogP) is 4.11. The van der Waals surface area contributed by atoms with Gasteiger partial charge in [0.05, 0.1) is 11.9 Å². The van der Waals surface area contributed by atoms with E-state index in [9.17, 15) is 22.0 Å². The molecular weight excluding hydrogens is 398 g/mol. The first-order chi connectivity index (χ1) is 12.6. The average molecular weight is 417 g/mol. The second-order valence-corrected chi connectivity index (χ2v) is 8.39. The molecule has 0 fully saturated rings. The van der Waals surface area contributed by atoms with Crippen LogP contribution in [0.4, 0.5) is 20.2 Å². The topological polar surface area (TPSA) is 66.5 Å². The van der Waals surface area contributed by atoms with Crippen molar-refractivity contribution in [3.05, 3.63) is 58.6 Å². The molecule has 2 aromatic rings. The number of nitrogens with zero attached hydrogens (tertiary/aromatic N) is 1. The zero-order valence-electron chi connectivity index (χ0n) is 14.8. The Kier molecular flexibility index (Phi) is 6.78. The van der Waals surface area contributed by atoms with Crippen LogP contribution in [-0.2, 0) is 14.8 Å². The van der Waals surface area contributed by atoms with Crippen molar-refractivity contribution in [1.82, 2.24) is 0 Å². The van der Waals surface area contributed by atoms with Gasteiger partial charge in [-0.15, -0.1) is 0 Å². The van der Waals surface area contributed by atoms with Gasteiger partial charge in [0.25, 0.3) is 0 Å². The van der Waals surface area contributed by atoms with E-state index in [4.69, 9.17) is 11.6 Å². The third kappa shape index (κ3) is 5.90. The lowest BCUT2D eigenvalue weighted by Gasteiger charge is -2.24. The molecule has 0 heterocycles. The molecule has 0 unspecified atom stereocenters. The van der Waals surface area contributed by atoms with Crippen molar-refractivity contribution in [2.45, 2.75) is 19.8 Å². The maximum Gasteiger partial charge on any atom is 0.232 e. The van der Waals surface area contributed by atoms with Gasteiger partial charge in [-0.1, -0.05) is 17.7 Å². The Morgan fingerprint density at radius 3 is 2.48 bits per heavy atom. The third-order valence-electron chi connectivity index (χ3n) is 3.81. The molecule has 2 rings (SSSR count). The van der Waals surface area contributed by atoms with Crippen LogP contribution in [0.1, 0.15) is 18.4 Å². The molecule has 0 aliphatic rings. The Morgan fingerprint density at radius 1 is 1.15 bits per heavy atom. The average Bonchev–Trinajstić information content (AvgIpc) is 2.56. The maximum absolute atomic E-state index is 13.2. The standard InChI is InChI=1S/C18H19ClF2N2O3S/c1-12-5-6-13(19)10-17(12)23(27(2,25)26)9-3-4-18(24)22-14-7-8-15(20)16(21)11-14/h5-8,10-11H,3-4,9H2,1-2H3,(H,22,24). The number of aryl methyl sites for hydroxylation is 1. The monoisotopic (exact) mass is 416 g/mol. The van der Waals surface area contributed by atoms with Crippen LogP contribution in [0.15, 0.2) is 36.4 Å². The summed E-state index contributed by atoms with van der Waals surface area (Å²) in [5.41, 5.74) is 1.31. The van der Waals surface area contributed by atoms with Crippen molar-refractivity contribution in [2.24, 2.45) is 0 Å². The molecule has 5 nitrogen and oxygen atoms in total. The fourth-order valence-corrected chi connectivity index (χ4v) is 3.68. The molecule has 0 saturated carbocycles. The van der Waals surface area contributed by atoms with Crippen molar-refractivity contribution < 1.29 is 22.0 Å². The molecule has 27 heavy (non-hydrogen) atoms. The van der Waals surface area contributed by atoms with Crippen LogP contribution in [-0.4, -0.2) is 27.1 Å². The lowest BCUT2D eigenvalue weighted by molar-refractivity contribution is -0.116. The smallest absolute Gasteiger partial charge is 0.232 e. The van der Waals surface area contributed by atoms with E-state index in [1.54, 1.807) is 25.1 Å². The minimum absolute atomic E-state index is 0.00459. The maximum atomic E-state index is 13.2. The summed E-state index contributed by atoms with van der Waals surface area (Å²) >= 11 is 5.97. The van der Waals surface area contributed by atoms with E-state index in [-0.39, 0.29) is 25.1 Å². The lowest BCUT2D eigenvalue weighted by atomic mass is 10.2. The molecule has 0 aliphatic carbocycles. The molecule has 0 saturated heterocycles. The van der Waals surface area contributed by atoms with Gasteiger partial charge >= 0.3 is 0 Å². The summed E-state index contributed by atoms with van der Waals surface area (Å²) in [6.45, 7) is 1.84. The molecule has 2 aromatic carbocycles. The van der Waals surface area contributed by atoms with E-state index in [1.807, 2.05) is 0 Å². The van der Waals surface area contributed by atoms with Crippen LogP contribution in [0, 0.1) is 18.6 Å². The van der Waals surface area contributed by atoms with Gasteiger partial charge in [-0.05, 0) is 43.2 Å². The predicted molar refractivity (Wildman–Crippen MR) is 103 cm³/mol. The normalized spacial score (nSPS) is 11.3. The van der Waals surface area contributed by atoms with E-state index in [1.165, 1.54) is 10.4 Å². The van der Waals surface area contributed by atoms with E-state index in [2.05, 4.69) is 5.32 Å². The number of anilines is 2. The van der Waals surface area contributed by atoms with Gasteiger partial charge in [-0.25, -0.2) is 17.2 Å². The fourth-order valence-electron chi connectivity index (χ4n) is 2.50. The molecule has 0 atom stereocenters. The molecule has 0 spiro atoms. The highest BCUT2D eigenvalue weighted by atomic mass is 35.5. The van der Waals surface area contributed by atoms with Crippen LogP contribution < -0.4 is 9.62 Å². The van der Waals surface area contributed by atoms with Gasteiger partial charge in [0.1, 0.15) is 0 Å². The van der Waals surface area contributed by atoms with E-state index in [0.717, 1.165) is 24.0 Å². The number of nitrogens with one attached hydrogen (secondary N) is 1. The summed E-state index contributed by atoms with van der Waals surface area (Å²) in [6.07, 6.45) is 1.31. The van der Waals surface area contributed by atoms with Crippen LogP contribution >= 0.6 is 11.6 Å². The zero-order chi connectivity index (χ0) is 20.2. The van der Waals surface area contributed by atoms with Crippen molar-refractivity contribution >= 4 is 38.9 Å².